The summed E-state index contributed by atoms with van der Waals surface area (Å²) in [6, 6.07) is 0. The van der Waals surface area contributed by atoms with Crippen molar-refractivity contribution in [3.05, 3.63) is 85.1 Å². The zero-order valence-electron chi connectivity index (χ0n) is 39.7. The molecule has 0 bridgehead atoms. The van der Waals surface area contributed by atoms with Gasteiger partial charge in [0.05, 0.1) is 0 Å². The Kier molecular flexibility index (Phi) is 46.5. The first-order valence-electron chi connectivity index (χ1n) is 25.1. The predicted octanol–water partition coefficient (Wildman–Crippen LogP) is 16.4. The van der Waals surface area contributed by atoms with Gasteiger partial charge in [0.15, 0.2) is 6.10 Å². The Bertz CT molecular complexity index is 1200. The highest BCUT2D eigenvalue weighted by molar-refractivity contribution is 5.71. The van der Waals surface area contributed by atoms with Crippen molar-refractivity contribution in [2.45, 2.75) is 232 Å². The number of unbranched alkanes of at least 4 members (excludes halogenated alkanes) is 19. The molecule has 6 heteroatoms. The molecule has 0 spiro atoms. The van der Waals surface area contributed by atoms with Gasteiger partial charge in [-0.1, -0.05) is 202 Å². The largest absolute Gasteiger partial charge is 0.462 e. The molecule has 0 heterocycles. The van der Waals surface area contributed by atoms with E-state index in [9.17, 15) is 14.4 Å². The molecule has 0 radical (unpaired) electrons. The Balaban J connectivity index is 4.43. The third kappa shape index (κ3) is 47.5. The van der Waals surface area contributed by atoms with Crippen LogP contribution >= 0.6 is 0 Å². The molecular formula is C55H92O6. The van der Waals surface area contributed by atoms with Crippen LogP contribution in [0, 0.1) is 0 Å². The van der Waals surface area contributed by atoms with Crippen LogP contribution in [0.5, 0.6) is 0 Å². The van der Waals surface area contributed by atoms with Gasteiger partial charge in [0, 0.05) is 19.3 Å². The van der Waals surface area contributed by atoms with E-state index in [1.165, 1.54) is 57.8 Å². The predicted molar refractivity (Wildman–Crippen MR) is 261 cm³/mol. The van der Waals surface area contributed by atoms with Crippen LogP contribution < -0.4 is 0 Å². The summed E-state index contributed by atoms with van der Waals surface area (Å²) in [6.45, 7) is 6.36. The molecule has 61 heavy (non-hydrogen) atoms. The van der Waals surface area contributed by atoms with E-state index >= 15 is 0 Å². The summed E-state index contributed by atoms with van der Waals surface area (Å²) in [6.07, 6.45) is 62.8. The Morgan fingerprint density at radius 2 is 0.639 bits per heavy atom. The topological polar surface area (TPSA) is 78.9 Å². The highest BCUT2D eigenvalue weighted by Gasteiger charge is 2.19. The van der Waals surface area contributed by atoms with E-state index < -0.39 is 6.10 Å². The van der Waals surface area contributed by atoms with Gasteiger partial charge in [-0.25, -0.2) is 0 Å². The van der Waals surface area contributed by atoms with E-state index in [-0.39, 0.29) is 31.1 Å². The molecule has 0 saturated carbocycles. The van der Waals surface area contributed by atoms with Gasteiger partial charge >= 0.3 is 17.9 Å². The van der Waals surface area contributed by atoms with Gasteiger partial charge in [0.1, 0.15) is 13.2 Å². The molecule has 0 rings (SSSR count). The number of rotatable bonds is 44. The fraction of sp³-hybridized carbons (Fsp3) is 0.691. The second kappa shape index (κ2) is 49.2. The minimum absolute atomic E-state index is 0.0922. The van der Waals surface area contributed by atoms with Crippen molar-refractivity contribution in [2.75, 3.05) is 13.2 Å². The first-order valence-corrected chi connectivity index (χ1v) is 25.1. The molecule has 0 amide bonds. The molecule has 0 aliphatic heterocycles. The van der Waals surface area contributed by atoms with Crippen LogP contribution in [-0.2, 0) is 28.6 Å². The lowest BCUT2D eigenvalue weighted by atomic mass is 10.0. The standard InChI is InChI=1S/C55H92O6/c1-4-7-10-13-16-19-22-25-26-27-28-29-30-31-34-36-39-42-45-48-54(57)60-51-52(61-55(58)49-46-43-40-37-33-24-21-18-15-12-9-6-3)50-59-53(56)47-44-41-38-35-32-23-20-17-14-11-8-5-2/h7,9-10,12,16,18-19,21,25-26,28-29,31,34,52H,4-6,8,11,13-15,17,20,22-24,27,30,32-33,35-51H2,1-3H3/b10-7-,12-9-,19-16-,21-18-,26-25-,29-28-,34-31-. The lowest BCUT2D eigenvalue weighted by Gasteiger charge is -2.18. The summed E-state index contributed by atoms with van der Waals surface area (Å²) < 4.78 is 16.7. The van der Waals surface area contributed by atoms with Crippen LogP contribution in [0.1, 0.15) is 226 Å². The molecule has 0 fully saturated rings. The molecule has 0 aromatic carbocycles. The van der Waals surface area contributed by atoms with Gasteiger partial charge in [0.25, 0.3) is 0 Å². The molecule has 1 unspecified atom stereocenters. The lowest BCUT2D eigenvalue weighted by molar-refractivity contribution is -0.167. The van der Waals surface area contributed by atoms with Crippen LogP contribution in [-0.4, -0.2) is 37.2 Å². The fourth-order valence-electron chi connectivity index (χ4n) is 6.68. The third-order valence-corrected chi connectivity index (χ3v) is 10.4. The number of carbonyl (C=O) groups is 3. The minimum atomic E-state index is -0.795. The number of esters is 3. The molecule has 0 aromatic rings. The summed E-state index contributed by atoms with van der Waals surface area (Å²) in [5.41, 5.74) is 0. The van der Waals surface area contributed by atoms with Crippen molar-refractivity contribution in [3.63, 3.8) is 0 Å². The number of allylic oxidation sites excluding steroid dienone is 14. The Morgan fingerprint density at radius 3 is 1.02 bits per heavy atom. The van der Waals surface area contributed by atoms with Gasteiger partial charge in [-0.05, 0) is 89.9 Å². The summed E-state index contributed by atoms with van der Waals surface area (Å²) in [5, 5.41) is 0. The van der Waals surface area contributed by atoms with Crippen LogP contribution in [0.3, 0.4) is 0 Å². The van der Waals surface area contributed by atoms with Crippen molar-refractivity contribution >= 4 is 17.9 Å². The average Bonchev–Trinajstić information content (AvgIpc) is 3.26. The second-order valence-electron chi connectivity index (χ2n) is 16.3. The van der Waals surface area contributed by atoms with Gasteiger partial charge in [-0.3, -0.25) is 14.4 Å². The Hall–Kier alpha value is -3.41. The zero-order valence-corrected chi connectivity index (χ0v) is 39.7. The van der Waals surface area contributed by atoms with Crippen molar-refractivity contribution in [1.29, 1.82) is 0 Å². The summed E-state index contributed by atoms with van der Waals surface area (Å²) >= 11 is 0. The average molecular weight is 849 g/mol. The molecular weight excluding hydrogens is 757 g/mol. The third-order valence-electron chi connectivity index (χ3n) is 10.4. The summed E-state index contributed by atoms with van der Waals surface area (Å²) in [4.78, 5) is 37.9. The van der Waals surface area contributed by atoms with Gasteiger partial charge < -0.3 is 14.2 Å². The van der Waals surface area contributed by atoms with E-state index in [1.54, 1.807) is 0 Å². The van der Waals surface area contributed by atoms with Gasteiger partial charge in [-0.2, -0.15) is 0 Å². The van der Waals surface area contributed by atoms with E-state index in [0.717, 1.165) is 128 Å². The molecule has 348 valence electrons. The molecule has 0 aliphatic carbocycles. The number of hydrogen-bond acceptors (Lipinski definition) is 6. The molecule has 1 atom stereocenters. The quantitative estimate of drug-likeness (QED) is 0.0263. The molecule has 0 N–H and O–H groups in total. The molecule has 0 saturated heterocycles. The SMILES string of the molecule is CC/C=C\C/C=C\C/C=C\C/C=C\C/C=C\CCCCCC(=O)OCC(COC(=O)CCCCCCCCCCCCCC)OC(=O)CCCCCCC/C=C\C/C=C\CC. The van der Waals surface area contributed by atoms with E-state index in [4.69, 9.17) is 14.2 Å². The minimum Gasteiger partial charge on any atom is -0.462 e. The maximum absolute atomic E-state index is 12.7. The van der Waals surface area contributed by atoms with Gasteiger partial charge in [-0.15, -0.1) is 0 Å². The van der Waals surface area contributed by atoms with Crippen molar-refractivity contribution < 1.29 is 28.6 Å². The number of ether oxygens (including phenoxy) is 3. The lowest BCUT2D eigenvalue weighted by Crippen LogP contribution is -2.30. The smallest absolute Gasteiger partial charge is 0.306 e. The van der Waals surface area contributed by atoms with Crippen LogP contribution in [0.15, 0.2) is 85.1 Å². The van der Waals surface area contributed by atoms with Crippen LogP contribution in [0.2, 0.25) is 0 Å². The molecule has 0 aliphatic rings. The number of carbonyl (C=O) groups excluding carboxylic acids is 3. The first-order chi connectivity index (χ1) is 30.0. The zero-order chi connectivity index (χ0) is 44.4. The van der Waals surface area contributed by atoms with E-state index in [2.05, 4.69) is 106 Å². The second-order valence-corrected chi connectivity index (χ2v) is 16.3. The van der Waals surface area contributed by atoms with Crippen LogP contribution in [0.4, 0.5) is 0 Å². The summed E-state index contributed by atoms with van der Waals surface area (Å²) in [5.74, 6) is -0.943. The number of hydrogen-bond donors (Lipinski definition) is 0. The van der Waals surface area contributed by atoms with Gasteiger partial charge in [0.2, 0.25) is 0 Å². The van der Waals surface area contributed by atoms with Crippen molar-refractivity contribution in [1.82, 2.24) is 0 Å². The maximum atomic E-state index is 12.7. The Labute approximate surface area is 375 Å². The first kappa shape index (κ1) is 57.6. The van der Waals surface area contributed by atoms with Crippen molar-refractivity contribution in [3.8, 4) is 0 Å². The normalized spacial score (nSPS) is 12.8. The van der Waals surface area contributed by atoms with Crippen molar-refractivity contribution in [2.24, 2.45) is 0 Å². The molecule has 6 nitrogen and oxygen atoms in total. The summed E-state index contributed by atoms with van der Waals surface area (Å²) in [7, 11) is 0. The maximum Gasteiger partial charge on any atom is 0.306 e. The van der Waals surface area contributed by atoms with E-state index in [0.29, 0.717) is 19.3 Å². The van der Waals surface area contributed by atoms with Crippen LogP contribution in [0.25, 0.3) is 0 Å². The highest BCUT2D eigenvalue weighted by Crippen LogP contribution is 2.14. The highest BCUT2D eigenvalue weighted by atomic mass is 16.6. The van der Waals surface area contributed by atoms with E-state index in [1.807, 2.05) is 0 Å². The fourth-order valence-corrected chi connectivity index (χ4v) is 6.68. The molecule has 0 aromatic heterocycles. The Morgan fingerprint density at radius 1 is 0.344 bits per heavy atom. The monoisotopic (exact) mass is 849 g/mol.